The molecule has 0 fully saturated rings. The second-order valence-corrected chi connectivity index (χ2v) is 7.43. The summed E-state index contributed by atoms with van der Waals surface area (Å²) in [5.74, 6) is -0.642. The van der Waals surface area contributed by atoms with Crippen LogP contribution in [0.25, 0.3) is 6.08 Å². The molecule has 8 heteroatoms. The summed E-state index contributed by atoms with van der Waals surface area (Å²) in [7, 11) is -3.83. The first-order valence-corrected chi connectivity index (χ1v) is 9.03. The maximum absolute atomic E-state index is 12.0. The minimum Gasteiger partial charge on any atom is -0.274 e. The number of carbonyl (C=O) groups excluding carboxylic acids is 1. The quantitative estimate of drug-likeness (QED) is 0.613. The Bertz CT molecular complexity index is 879. The minimum absolute atomic E-state index is 0.0538. The van der Waals surface area contributed by atoms with Crippen LogP contribution >= 0.6 is 23.2 Å². The summed E-state index contributed by atoms with van der Waals surface area (Å²) in [5.41, 5.74) is 3.62. The SMILES string of the molecule is Cc1ccc(S(=O)(=O)NNC(=O)C=Cc2ccc(Cl)cc2Cl)cc1. The number of hydrogen-bond acceptors (Lipinski definition) is 3. The summed E-state index contributed by atoms with van der Waals surface area (Å²) in [6, 6.07) is 11.1. The molecule has 126 valence electrons. The summed E-state index contributed by atoms with van der Waals surface area (Å²) in [4.78, 5) is 13.8. The Hall–Kier alpha value is -1.86. The summed E-state index contributed by atoms with van der Waals surface area (Å²) in [5, 5.41) is 0.860. The lowest BCUT2D eigenvalue weighted by atomic mass is 10.2. The zero-order chi connectivity index (χ0) is 17.7. The number of hydrogen-bond donors (Lipinski definition) is 2. The molecule has 2 aromatic carbocycles. The Kier molecular flexibility index (Phi) is 6.01. The largest absolute Gasteiger partial charge is 0.274 e. The molecule has 0 aliphatic carbocycles. The van der Waals surface area contributed by atoms with E-state index in [1.165, 1.54) is 18.2 Å². The van der Waals surface area contributed by atoms with Crippen molar-refractivity contribution in [3.8, 4) is 0 Å². The van der Waals surface area contributed by atoms with E-state index in [1.54, 1.807) is 30.3 Å². The van der Waals surface area contributed by atoms with Gasteiger partial charge in [-0.05, 0) is 42.8 Å². The maximum atomic E-state index is 12.0. The van der Waals surface area contributed by atoms with Crippen molar-refractivity contribution in [3.05, 3.63) is 69.7 Å². The zero-order valence-electron chi connectivity index (χ0n) is 12.6. The van der Waals surface area contributed by atoms with Crippen LogP contribution in [0, 0.1) is 6.92 Å². The summed E-state index contributed by atoms with van der Waals surface area (Å²) < 4.78 is 24.1. The van der Waals surface area contributed by atoms with Crippen LogP contribution in [0.2, 0.25) is 10.0 Å². The third-order valence-corrected chi connectivity index (χ3v) is 4.84. The third-order valence-electron chi connectivity index (χ3n) is 3.02. The fraction of sp³-hybridized carbons (Fsp3) is 0.0625. The molecule has 5 nitrogen and oxygen atoms in total. The Morgan fingerprint density at radius 2 is 1.75 bits per heavy atom. The first kappa shape index (κ1) is 18.5. The van der Waals surface area contributed by atoms with Crippen molar-refractivity contribution in [2.45, 2.75) is 11.8 Å². The molecule has 0 saturated carbocycles. The molecule has 0 atom stereocenters. The van der Waals surface area contributed by atoms with E-state index in [4.69, 9.17) is 23.2 Å². The summed E-state index contributed by atoms with van der Waals surface area (Å²) >= 11 is 11.8. The van der Waals surface area contributed by atoms with E-state index < -0.39 is 15.9 Å². The van der Waals surface area contributed by atoms with Crippen LogP contribution in [0.4, 0.5) is 0 Å². The molecule has 1 amide bonds. The van der Waals surface area contributed by atoms with E-state index in [2.05, 4.69) is 5.43 Å². The van der Waals surface area contributed by atoms with Crippen LogP contribution in [0.5, 0.6) is 0 Å². The van der Waals surface area contributed by atoms with Gasteiger partial charge in [-0.25, -0.2) is 8.42 Å². The Morgan fingerprint density at radius 3 is 2.38 bits per heavy atom. The van der Waals surface area contributed by atoms with Gasteiger partial charge in [-0.2, -0.15) is 0 Å². The lowest BCUT2D eigenvalue weighted by Crippen LogP contribution is -2.40. The fourth-order valence-electron chi connectivity index (χ4n) is 1.74. The molecule has 0 bridgehead atoms. The molecule has 2 rings (SSSR count). The van der Waals surface area contributed by atoms with Crippen molar-refractivity contribution < 1.29 is 13.2 Å². The van der Waals surface area contributed by atoms with Gasteiger partial charge in [0.2, 0.25) is 0 Å². The minimum atomic E-state index is -3.83. The van der Waals surface area contributed by atoms with Gasteiger partial charge < -0.3 is 0 Å². The van der Waals surface area contributed by atoms with Gasteiger partial charge in [0.1, 0.15) is 0 Å². The van der Waals surface area contributed by atoms with Crippen LogP contribution in [0.15, 0.2) is 53.4 Å². The van der Waals surface area contributed by atoms with Crippen molar-refractivity contribution >= 4 is 45.2 Å². The summed E-state index contributed by atoms with van der Waals surface area (Å²) in [6.07, 6.45) is 2.61. The number of hydrazine groups is 1. The second-order valence-electron chi connectivity index (χ2n) is 4.91. The molecule has 0 radical (unpaired) electrons. The lowest BCUT2D eigenvalue weighted by Gasteiger charge is -2.07. The maximum Gasteiger partial charge on any atom is 0.258 e. The van der Waals surface area contributed by atoms with Crippen LogP contribution in [-0.4, -0.2) is 14.3 Å². The predicted octanol–water partition coefficient (Wildman–Crippen LogP) is 3.32. The molecule has 0 aromatic heterocycles. The Balaban J connectivity index is 1.99. The zero-order valence-corrected chi connectivity index (χ0v) is 14.9. The molecule has 0 spiro atoms. The van der Waals surface area contributed by atoms with Crippen molar-refractivity contribution in [1.29, 1.82) is 0 Å². The number of amides is 1. The molecule has 0 saturated heterocycles. The van der Waals surface area contributed by atoms with E-state index in [9.17, 15) is 13.2 Å². The van der Waals surface area contributed by atoms with Gasteiger partial charge in [-0.15, -0.1) is 4.83 Å². The lowest BCUT2D eigenvalue weighted by molar-refractivity contribution is -0.116. The molecule has 24 heavy (non-hydrogen) atoms. The number of sulfonamides is 1. The van der Waals surface area contributed by atoms with Gasteiger partial charge in [0, 0.05) is 16.1 Å². The highest BCUT2D eigenvalue weighted by molar-refractivity contribution is 7.89. The molecule has 2 N–H and O–H groups in total. The van der Waals surface area contributed by atoms with E-state index in [-0.39, 0.29) is 4.90 Å². The Morgan fingerprint density at radius 1 is 1.08 bits per heavy atom. The number of rotatable bonds is 5. The molecular formula is C16H14Cl2N2O3S. The second kappa shape index (κ2) is 7.81. The van der Waals surface area contributed by atoms with Gasteiger partial charge in [0.15, 0.2) is 0 Å². The average Bonchev–Trinajstić information content (AvgIpc) is 2.52. The predicted molar refractivity (Wildman–Crippen MR) is 95.1 cm³/mol. The molecule has 0 heterocycles. The van der Waals surface area contributed by atoms with Gasteiger partial charge in [0.05, 0.1) is 4.90 Å². The number of aryl methyl sites for hydroxylation is 1. The fourth-order valence-corrected chi connectivity index (χ4v) is 3.06. The molecule has 0 unspecified atom stereocenters. The number of nitrogens with one attached hydrogen (secondary N) is 2. The van der Waals surface area contributed by atoms with Gasteiger partial charge in [0.25, 0.3) is 15.9 Å². The van der Waals surface area contributed by atoms with Crippen LogP contribution in [-0.2, 0) is 14.8 Å². The van der Waals surface area contributed by atoms with Gasteiger partial charge in [-0.1, -0.05) is 47.0 Å². The molecule has 0 aliphatic heterocycles. The molecule has 0 aliphatic rings. The number of carbonyl (C=O) groups is 1. The first-order valence-electron chi connectivity index (χ1n) is 6.79. The molecule has 2 aromatic rings. The van der Waals surface area contributed by atoms with E-state index >= 15 is 0 Å². The standard InChI is InChI=1S/C16H14Cl2N2O3S/c1-11-2-7-14(8-3-11)24(22,23)20-19-16(21)9-5-12-4-6-13(17)10-15(12)18/h2-10,20H,1H3,(H,19,21). The molecular weight excluding hydrogens is 371 g/mol. The third kappa shape index (κ3) is 5.07. The average molecular weight is 385 g/mol. The highest BCUT2D eigenvalue weighted by Crippen LogP contribution is 2.21. The van der Waals surface area contributed by atoms with Crippen molar-refractivity contribution in [1.82, 2.24) is 10.3 Å². The van der Waals surface area contributed by atoms with E-state index in [0.29, 0.717) is 15.6 Å². The number of halogens is 2. The van der Waals surface area contributed by atoms with Crippen molar-refractivity contribution in [2.24, 2.45) is 0 Å². The van der Waals surface area contributed by atoms with Crippen LogP contribution < -0.4 is 10.3 Å². The smallest absolute Gasteiger partial charge is 0.258 e. The highest BCUT2D eigenvalue weighted by atomic mass is 35.5. The van der Waals surface area contributed by atoms with Crippen LogP contribution in [0.3, 0.4) is 0 Å². The van der Waals surface area contributed by atoms with E-state index in [1.807, 2.05) is 11.8 Å². The van der Waals surface area contributed by atoms with Crippen molar-refractivity contribution in [3.63, 3.8) is 0 Å². The Labute approximate surface area is 150 Å². The van der Waals surface area contributed by atoms with Gasteiger partial charge in [-0.3, -0.25) is 10.2 Å². The van der Waals surface area contributed by atoms with Crippen LogP contribution in [0.1, 0.15) is 11.1 Å². The first-order chi connectivity index (χ1) is 11.3. The van der Waals surface area contributed by atoms with E-state index in [0.717, 1.165) is 11.6 Å². The van der Waals surface area contributed by atoms with Gasteiger partial charge >= 0.3 is 0 Å². The topological polar surface area (TPSA) is 75.3 Å². The normalized spacial score (nSPS) is 11.6. The van der Waals surface area contributed by atoms with Crippen molar-refractivity contribution in [2.75, 3.05) is 0 Å². The summed E-state index contributed by atoms with van der Waals surface area (Å²) in [6.45, 7) is 1.85. The number of benzene rings is 2. The highest BCUT2D eigenvalue weighted by Gasteiger charge is 2.13. The monoisotopic (exact) mass is 384 g/mol.